The Balaban J connectivity index is 1.55. The summed E-state index contributed by atoms with van der Waals surface area (Å²) in [5.74, 6) is -0.334. The van der Waals surface area contributed by atoms with Gasteiger partial charge in [-0.2, -0.15) is 0 Å². The number of hydrogen-bond acceptors (Lipinski definition) is 2. The van der Waals surface area contributed by atoms with Crippen LogP contribution in [0.5, 0.6) is 0 Å². The van der Waals surface area contributed by atoms with Crippen LogP contribution in [-0.4, -0.2) is 5.97 Å². The Bertz CT molecular complexity index is 957. The van der Waals surface area contributed by atoms with Gasteiger partial charge in [-0.15, -0.1) is 0 Å². The molecule has 2 aliphatic carbocycles. The van der Waals surface area contributed by atoms with Crippen molar-refractivity contribution in [3.63, 3.8) is 0 Å². The third-order valence-electron chi connectivity index (χ3n) is 6.54. The van der Waals surface area contributed by atoms with Crippen LogP contribution in [0.3, 0.4) is 0 Å². The summed E-state index contributed by atoms with van der Waals surface area (Å²) < 4.78 is 5.98. The van der Waals surface area contributed by atoms with Gasteiger partial charge < -0.3 is 4.74 Å². The van der Waals surface area contributed by atoms with Gasteiger partial charge in [0.25, 0.3) is 0 Å². The van der Waals surface area contributed by atoms with E-state index in [1.165, 1.54) is 28.7 Å². The molecular formula is C25H26Cl2O2. The summed E-state index contributed by atoms with van der Waals surface area (Å²) in [6, 6.07) is 15.0. The fourth-order valence-corrected chi connectivity index (χ4v) is 5.02. The predicted molar refractivity (Wildman–Crippen MR) is 119 cm³/mol. The van der Waals surface area contributed by atoms with Crippen LogP contribution in [0.2, 0.25) is 0 Å². The molecule has 152 valence electrons. The summed E-state index contributed by atoms with van der Waals surface area (Å²) >= 11 is 11.6. The summed E-state index contributed by atoms with van der Waals surface area (Å²) in [6.07, 6.45) is 6.20. The Morgan fingerprint density at radius 1 is 1.07 bits per heavy atom. The molecule has 4 heteroatoms. The van der Waals surface area contributed by atoms with Crippen LogP contribution in [0.25, 0.3) is 11.1 Å². The van der Waals surface area contributed by atoms with Crippen LogP contribution in [-0.2, 0) is 29.0 Å². The molecule has 2 nitrogen and oxygen atoms in total. The molecule has 2 aromatic rings. The summed E-state index contributed by atoms with van der Waals surface area (Å²) in [5, 5.41) is 0. The van der Waals surface area contributed by atoms with E-state index in [-0.39, 0.29) is 27.7 Å². The van der Waals surface area contributed by atoms with Gasteiger partial charge in [-0.05, 0) is 70.9 Å². The summed E-state index contributed by atoms with van der Waals surface area (Å²) in [4.78, 5) is 12.7. The highest BCUT2D eigenvalue weighted by Crippen LogP contribution is 2.60. The molecule has 0 amide bonds. The molecule has 0 heterocycles. The lowest BCUT2D eigenvalue weighted by Gasteiger charge is -2.20. The Labute approximate surface area is 182 Å². The zero-order valence-corrected chi connectivity index (χ0v) is 18.4. The fourth-order valence-electron chi connectivity index (χ4n) is 4.75. The molecule has 1 saturated carbocycles. The molecule has 1 fully saturated rings. The molecule has 4 rings (SSSR count). The molecule has 0 spiro atoms. The first kappa shape index (κ1) is 20.5. The van der Waals surface area contributed by atoms with Gasteiger partial charge in [-0.25, -0.2) is 0 Å². The maximum absolute atomic E-state index is 12.7. The van der Waals surface area contributed by atoms with Gasteiger partial charge in [0.15, 0.2) is 0 Å². The lowest BCUT2D eigenvalue weighted by molar-refractivity contribution is -0.147. The van der Waals surface area contributed by atoms with Crippen molar-refractivity contribution in [2.75, 3.05) is 0 Å². The first-order valence-electron chi connectivity index (χ1n) is 10.3. The average molecular weight is 429 g/mol. The van der Waals surface area contributed by atoms with E-state index in [9.17, 15) is 4.79 Å². The van der Waals surface area contributed by atoms with E-state index >= 15 is 0 Å². The quantitative estimate of drug-likeness (QED) is 0.496. The molecule has 0 saturated heterocycles. The summed E-state index contributed by atoms with van der Waals surface area (Å²) in [5.41, 5.74) is 6.22. The predicted octanol–water partition coefficient (Wildman–Crippen LogP) is 6.87. The van der Waals surface area contributed by atoms with E-state index in [0.29, 0.717) is 6.61 Å². The summed E-state index contributed by atoms with van der Waals surface area (Å²) in [7, 11) is 0. The normalized spacial score (nSPS) is 21.8. The molecule has 0 bridgehead atoms. The maximum atomic E-state index is 12.7. The minimum atomic E-state index is -0.193. The van der Waals surface area contributed by atoms with Crippen LogP contribution in [0, 0.1) is 17.3 Å². The van der Waals surface area contributed by atoms with Gasteiger partial charge in [0.1, 0.15) is 11.1 Å². The molecule has 0 N–H and O–H groups in total. The van der Waals surface area contributed by atoms with Crippen molar-refractivity contribution in [2.45, 2.75) is 46.1 Å². The highest BCUT2D eigenvalue weighted by Gasteiger charge is 2.61. The number of carbonyl (C=O) groups is 1. The number of carbonyl (C=O) groups excluding carboxylic acids is 1. The van der Waals surface area contributed by atoms with E-state index < -0.39 is 0 Å². The van der Waals surface area contributed by atoms with Crippen molar-refractivity contribution >= 4 is 29.2 Å². The number of fused-ring (bicyclic) bond motifs is 3. The Hall–Kier alpha value is -1.77. The molecule has 0 aliphatic heterocycles. The third kappa shape index (κ3) is 4.11. The lowest BCUT2D eigenvalue weighted by atomic mass is 9.86. The number of ether oxygens (including phenoxy) is 1. The summed E-state index contributed by atoms with van der Waals surface area (Å²) in [6.45, 7) is 4.40. The molecule has 0 radical (unpaired) electrons. The van der Waals surface area contributed by atoms with Gasteiger partial charge >= 0.3 is 5.97 Å². The smallest absolute Gasteiger partial charge is 0.310 e. The molecule has 2 unspecified atom stereocenters. The van der Waals surface area contributed by atoms with E-state index in [2.05, 4.69) is 42.5 Å². The van der Waals surface area contributed by atoms with Crippen LogP contribution >= 0.6 is 23.2 Å². The molecule has 2 aliphatic rings. The third-order valence-corrected chi connectivity index (χ3v) is 6.80. The van der Waals surface area contributed by atoms with Crippen molar-refractivity contribution in [3.05, 3.63) is 69.7 Å². The fraction of sp³-hybridized carbons (Fsp3) is 0.400. The minimum Gasteiger partial charge on any atom is -0.461 e. The van der Waals surface area contributed by atoms with Gasteiger partial charge in [0, 0.05) is 0 Å². The molecule has 2 aromatic carbocycles. The van der Waals surface area contributed by atoms with Crippen molar-refractivity contribution in [1.82, 2.24) is 0 Å². The molecular weight excluding hydrogens is 403 g/mol. The second kappa shape index (κ2) is 8.16. The Kier molecular flexibility index (Phi) is 5.77. The van der Waals surface area contributed by atoms with Crippen LogP contribution < -0.4 is 0 Å². The standard InChI is InChI=1S/C25H26Cl2O2/c1-25(2)21(14-22(26)27)23(25)24(28)29-15-17-10-7-13-20-18-11-5-3-8-16(18)9-4-6-12-19(17)20/h3,5,7-8,10-11,13-14,21,23H,4,6,9,12,15H2,1-2H3. The topological polar surface area (TPSA) is 26.3 Å². The molecule has 29 heavy (non-hydrogen) atoms. The van der Waals surface area contributed by atoms with Gasteiger partial charge in [0.2, 0.25) is 0 Å². The monoisotopic (exact) mass is 428 g/mol. The van der Waals surface area contributed by atoms with Gasteiger partial charge in [0.05, 0.1) is 5.92 Å². The lowest BCUT2D eigenvalue weighted by Crippen LogP contribution is -2.12. The highest BCUT2D eigenvalue weighted by molar-refractivity contribution is 6.55. The second-order valence-electron chi connectivity index (χ2n) is 8.70. The van der Waals surface area contributed by atoms with E-state index in [1.807, 2.05) is 13.8 Å². The van der Waals surface area contributed by atoms with E-state index in [1.54, 1.807) is 6.08 Å². The van der Waals surface area contributed by atoms with Gasteiger partial charge in [-0.3, -0.25) is 4.79 Å². The molecule has 0 aromatic heterocycles. The Morgan fingerprint density at radius 2 is 1.79 bits per heavy atom. The first-order valence-corrected chi connectivity index (χ1v) is 11.0. The van der Waals surface area contributed by atoms with E-state index in [0.717, 1.165) is 24.8 Å². The number of halogens is 2. The number of aryl methyl sites for hydroxylation is 1. The number of allylic oxidation sites excluding steroid dienone is 1. The van der Waals surface area contributed by atoms with Crippen LogP contribution in [0.4, 0.5) is 0 Å². The number of benzene rings is 2. The zero-order chi connectivity index (χ0) is 20.6. The van der Waals surface area contributed by atoms with E-state index in [4.69, 9.17) is 27.9 Å². The first-order chi connectivity index (χ1) is 13.9. The van der Waals surface area contributed by atoms with Crippen LogP contribution in [0.1, 0.15) is 43.4 Å². The Morgan fingerprint density at radius 3 is 2.59 bits per heavy atom. The van der Waals surface area contributed by atoms with Crippen molar-refractivity contribution in [2.24, 2.45) is 17.3 Å². The second-order valence-corrected chi connectivity index (χ2v) is 9.70. The highest BCUT2D eigenvalue weighted by atomic mass is 35.5. The van der Waals surface area contributed by atoms with Crippen LogP contribution in [0.15, 0.2) is 53.0 Å². The molecule has 2 atom stereocenters. The van der Waals surface area contributed by atoms with Crippen molar-refractivity contribution in [3.8, 4) is 11.1 Å². The van der Waals surface area contributed by atoms with Crippen molar-refractivity contribution < 1.29 is 9.53 Å². The van der Waals surface area contributed by atoms with Gasteiger partial charge in [-0.1, -0.05) is 79.5 Å². The SMILES string of the molecule is CC1(C)C(C=C(Cl)Cl)C1C(=O)OCc1cccc2c1CCCCc1ccccc1-2. The average Bonchev–Trinajstić information content (AvgIpc) is 3.21. The number of esters is 1. The number of rotatable bonds is 4. The zero-order valence-electron chi connectivity index (χ0n) is 16.9. The largest absolute Gasteiger partial charge is 0.461 e. The minimum absolute atomic E-state index is 0.0308. The number of hydrogen-bond donors (Lipinski definition) is 0. The maximum Gasteiger partial charge on any atom is 0.310 e. The van der Waals surface area contributed by atoms with Crippen molar-refractivity contribution in [1.29, 1.82) is 0 Å².